The van der Waals surface area contributed by atoms with Crippen LogP contribution in [0.15, 0.2) is 24.3 Å². The lowest BCUT2D eigenvalue weighted by atomic mass is 9.78. The number of rotatable bonds is 4. The van der Waals surface area contributed by atoms with Crippen molar-refractivity contribution in [3.8, 4) is 0 Å². The van der Waals surface area contributed by atoms with Crippen molar-refractivity contribution in [1.82, 2.24) is 9.80 Å². The van der Waals surface area contributed by atoms with Crippen LogP contribution >= 0.6 is 11.6 Å². The molecule has 3 rings (SSSR count). The summed E-state index contributed by atoms with van der Waals surface area (Å²) in [6, 6.07) is 8.54. The molecule has 3 nitrogen and oxygen atoms in total. The molecule has 2 fully saturated rings. The third kappa shape index (κ3) is 3.78. The van der Waals surface area contributed by atoms with Gasteiger partial charge < -0.3 is 4.90 Å². The van der Waals surface area contributed by atoms with Crippen molar-refractivity contribution in [2.45, 2.75) is 57.5 Å². The SMILES string of the molecule is CC(c1ccccc1Cl)N(C)CC(=O)N1CCCC2CCCCC21. The first kappa shape index (κ1) is 17.8. The molecule has 1 aliphatic heterocycles. The zero-order valence-electron chi connectivity index (χ0n) is 14.9. The second kappa shape index (κ2) is 7.88. The highest BCUT2D eigenvalue weighted by molar-refractivity contribution is 6.31. The van der Waals surface area contributed by atoms with E-state index in [2.05, 4.69) is 16.7 Å². The molecular formula is C20H29ClN2O. The van der Waals surface area contributed by atoms with Crippen LogP contribution in [-0.4, -0.2) is 41.9 Å². The molecule has 1 aromatic rings. The first-order valence-electron chi connectivity index (χ1n) is 9.32. The van der Waals surface area contributed by atoms with Crippen molar-refractivity contribution in [2.75, 3.05) is 20.1 Å². The minimum atomic E-state index is 0.134. The molecule has 0 spiro atoms. The molecule has 4 heteroatoms. The van der Waals surface area contributed by atoms with E-state index in [9.17, 15) is 4.79 Å². The summed E-state index contributed by atoms with van der Waals surface area (Å²) in [6.07, 6.45) is 7.58. The van der Waals surface area contributed by atoms with Crippen LogP contribution in [0, 0.1) is 5.92 Å². The lowest BCUT2D eigenvalue weighted by Crippen LogP contribution is -2.52. The Balaban J connectivity index is 1.64. The normalized spacial score (nSPS) is 25.4. The molecule has 3 atom stereocenters. The summed E-state index contributed by atoms with van der Waals surface area (Å²) in [4.78, 5) is 17.2. The Hall–Kier alpha value is -1.06. The molecule has 0 radical (unpaired) electrons. The molecule has 0 aromatic heterocycles. The largest absolute Gasteiger partial charge is 0.338 e. The number of benzene rings is 1. The third-order valence-electron chi connectivity index (χ3n) is 5.96. The molecule has 1 aliphatic carbocycles. The van der Waals surface area contributed by atoms with E-state index in [4.69, 9.17) is 11.6 Å². The minimum Gasteiger partial charge on any atom is -0.338 e. The van der Waals surface area contributed by atoms with E-state index >= 15 is 0 Å². The Bertz CT molecular complexity index is 575. The van der Waals surface area contributed by atoms with E-state index in [1.807, 2.05) is 31.3 Å². The number of hydrogen-bond acceptors (Lipinski definition) is 2. The molecule has 1 amide bonds. The number of amides is 1. The van der Waals surface area contributed by atoms with Crippen molar-refractivity contribution in [1.29, 1.82) is 0 Å². The van der Waals surface area contributed by atoms with Crippen LogP contribution < -0.4 is 0 Å². The van der Waals surface area contributed by atoms with Gasteiger partial charge >= 0.3 is 0 Å². The van der Waals surface area contributed by atoms with Gasteiger partial charge in [0.05, 0.1) is 6.54 Å². The van der Waals surface area contributed by atoms with Gasteiger partial charge in [0.15, 0.2) is 0 Å². The van der Waals surface area contributed by atoms with E-state index in [0.29, 0.717) is 12.6 Å². The second-order valence-corrected chi connectivity index (χ2v) is 7.86. The fourth-order valence-corrected chi connectivity index (χ4v) is 4.72. The number of hydrogen-bond donors (Lipinski definition) is 0. The second-order valence-electron chi connectivity index (χ2n) is 7.45. The summed E-state index contributed by atoms with van der Waals surface area (Å²) in [5.74, 6) is 1.02. The number of halogens is 1. The van der Waals surface area contributed by atoms with Gasteiger partial charge in [-0.2, -0.15) is 0 Å². The van der Waals surface area contributed by atoms with Crippen molar-refractivity contribution in [3.05, 3.63) is 34.9 Å². The Morgan fingerprint density at radius 3 is 2.75 bits per heavy atom. The van der Waals surface area contributed by atoms with Gasteiger partial charge in [-0.05, 0) is 57.2 Å². The van der Waals surface area contributed by atoms with Gasteiger partial charge in [0.2, 0.25) is 5.91 Å². The highest BCUT2D eigenvalue weighted by Crippen LogP contribution is 2.35. The third-order valence-corrected chi connectivity index (χ3v) is 6.31. The lowest BCUT2D eigenvalue weighted by molar-refractivity contribution is -0.138. The smallest absolute Gasteiger partial charge is 0.237 e. The Kier molecular flexibility index (Phi) is 5.83. The van der Waals surface area contributed by atoms with Crippen LogP contribution in [0.4, 0.5) is 0 Å². The number of piperidine rings is 1. The summed E-state index contributed by atoms with van der Waals surface area (Å²) in [7, 11) is 2.02. The predicted molar refractivity (Wildman–Crippen MR) is 99.2 cm³/mol. The molecule has 1 saturated heterocycles. The average molecular weight is 349 g/mol. The number of likely N-dealkylation sites (tertiary alicyclic amines) is 1. The number of carbonyl (C=O) groups excluding carboxylic acids is 1. The Morgan fingerprint density at radius 2 is 1.96 bits per heavy atom. The van der Waals surface area contributed by atoms with Crippen LogP contribution in [0.25, 0.3) is 0 Å². The maximum atomic E-state index is 12.9. The standard InChI is InChI=1S/C20H29ClN2O/c1-15(17-10-4-5-11-18(17)21)22(2)14-20(24)23-13-7-9-16-8-3-6-12-19(16)23/h4-5,10-11,15-16,19H,3,6-9,12-14H2,1-2H3. The lowest BCUT2D eigenvalue weighted by Gasteiger charge is -2.44. The zero-order valence-corrected chi connectivity index (χ0v) is 15.6. The molecule has 0 N–H and O–H groups in total. The minimum absolute atomic E-state index is 0.134. The Labute approximate surface area is 151 Å². The zero-order chi connectivity index (χ0) is 17.1. The molecule has 24 heavy (non-hydrogen) atoms. The molecule has 1 aromatic carbocycles. The van der Waals surface area contributed by atoms with E-state index < -0.39 is 0 Å². The molecule has 1 heterocycles. The summed E-state index contributed by atoms with van der Waals surface area (Å²) in [6.45, 7) is 3.53. The molecule has 2 aliphatic rings. The van der Waals surface area contributed by atoms with E-state index in [0.717, 1.165) is 29.5 Å². The fraction of sp³-hybridized carbons (Fsp3) is 0.650. The number of nitrogens with zero attached hydrogens (tertiary/aromatic N) is 2. The Morgan fingerprint density at radius 1 is 1.25 bits per heavy atom. The van der Waals surface area contributed by atoms with Crippen molar-refractivity contribution in [3.63, 3.8) is 0 Å². The summed E-state index contributed by atoms with van der Waals surface area (Å²) in [5.41, 5.74) is 1.09. The highest BCUT2D eigenvalue weighted by Gasteiger charge is 2.36. The van der Waals surface area contributed by atoms with Gasteiger partial charge in [-0.3, -0.25) is 9.69 Å². The number of likely N-dealkylation sites (N-methyl/N-ethyl adjacent to an activating group) is 1. The van der Waals surface area contributed by atoms with Crippen LogP contribution in [0.1, 0.15) is 57.1 Å². The van der Waals surface area contributed by atoms with E-state index in [-0.39, 0.29) is 11.9 Å². The topological polar surface area (TPSA) is 23.6 Å². The quantitative estimate of drug-likeness (QED) is 0.799. The van der Waals surface area contributed by atoms with Gasteiger partial charge in [0, 0.05) is 23.7 Å². The van der Waals surface area contributed by atoms with E-state index in [1.165, 1.54) is 32.1 Å². The molecule has 0 bridgehead atoms. The predicted octanol–water partition coefficient (Wildman–Crippen LogP) is 4.51. The van der Waals surface area contributed by atoms with Crippen LogP contribution in [0.2, 0.25) is 5.02 Å². The van der Waals surface area contributed by atoms with Crippen molar-refractivity contribution >= 4 is 17.5 Å². The van der Waals surface area contributed by atoms with Crippen LogP contribution in [0.3, 0.4) is 0 Å². The monoisotopic (exact) mass is 348 g/mol. The molecule has 1 saturated carbocycles. The maximum absolute atomic E-state index is 12.9. The van der Waals surface area contributed by atoms with Gasteiger partial charge in [0.1, 0.15) is 0 Å². The first-order valence-corrected chi connectivity index (χ1v) is 9.70. The first-order chi connectivity index (χ1) is 11.6. The summed E-state index contributed by atoms with van der Waals surface area (Å²) in [5, 5.41) is 0.773. The van der Waals surface area contributed by atoms with Gasteiger partial charge in [-0.1, -0.05) is 42.6 Å². The van der Waals surface area contributed by atoms with Crippen molar-refractivity contribution in [2.24, 2.45) is 5.92 Å². The number of fused-ring (bicyclic) bond motifs is 1. The van der Waals surface area contributed by atoms with Gasteiger partial charge in [-0.15, -0.1) is 0 Å². The molecule has 3 unspecified atom stereocenters. The summed E-state index contributed by atoms with van der Waals surface area (Å²) >= 11 is 6.32. The van der Waals surface area contributed by atoms with Gasteiger partial charge in [-0.25, -0.2) is 0 Å². The van der Waals surface area contributed by atoms with Crippen LogP contribution in [-0.2, 0) is 4.79 Å². The van der Waals surface area contributed by atoms with E-state index in [1.54, 1.807) is 0 Å². The van der Waals surface area contributed by atoms with Crippen molar-refractivity contribution < 1.29 is 4.79 Å². The summed E-state index contributed by atoms with van der Waals surface area (Å²) < 4.78 is 0. The average Bonchev–Trinajstić information content (AvgIpc) is 2.61. The molecule has 132 valence electrons. The van der Waals surface area contributed by atoms with Crippen LogP contribution in [0.5, 0.6) is 0 Å². The number of carbonyl (C=O) groups is 1. The molecular weight excluding hydrogens is 320 g/mol. The fourth-order valence-electron chi connectivity index (χ4n) is 4.43. The highest BCUT2D eigenvalue weighted by atomic mass is 35.5. The van der Waals surface area contributed by atoms with Gasteiger partial charge in [0.25, 0.3) is 0 Å². The maximum Gasteiger partial charge on any atom is 0.237 e.